The highest BCUT2D eigenvalue weighted by Gasteiger charge is 2.23. The van der Waals surface area contributed by atoms with Crippen LogP contribution in [0.1, 0.15) is 29.2 Å². The SMILES string of the molecule is O=C(O)C[C@H](NC(=O)N[C@H](COCc1ccccc1)CSCc1ccccc1)c1ccc2c(c1)OCO2. The van der Waals surface area contributed by atoms with E-state index in [1.807, 2.05) is 48.5 Å². The molecule has 9 heteroatoms. The van der Waals surface area contributed by atoms with Crippen LogP contribution in [0.3, 0.4) is 0 Å². The number of amides is 2. The van der Waals surface area contributed by atoms with Crippen LogP contribution in [0.2, 0.25) is 0 Å². The summed E-state index contributed by atoms with van der Waals surface area (Å²) in [6, 6.07) is 23.6. The van der Waals surface area contributed by atoms with Crippen molar-refractivity contribution in [2.45, 2.75) is 30.9 Å². The number of nitrogens with one attached hydrogen (secondary N) is 2. The van der Waals surface area contributed by atoms with Gasteiger partial charge in [0, 0.05) is 11.5 Å². The quantitative estimate of drug-likeness (QED) is 0.297. The Morgan fingerprint density at radius 2 is 1.62 bits per heavy atom. The Labute approximate surface area is 220 Å². The molecule has 4 rings (SSSR count). The summed E-state index contributed by atoms with van der Waals surface area (Å²) in [5, 5.41) is 15.2. The van der Waals surface area contributed by atoms with Gasteiger partial charge in [-0.15, -0.1) is 0 Å². The van der Waals surface area contributed by atoms with Crippen molar-refractivity contribution in [2.75, 3.05) is 19.2 Å². The lowest BCUT2D eigenvalue weighted by Gasteiger charge is -2.22. The van der Waals surface area contributed by atoms with Gasteiger partial charge in [0.1, 0.15) is 0 Å². The van der Waals surface area contributed by atoms with Gasteiger partial charge in [-0.05, 0) is 28.8 Å². The van der Waals surface area contributed by atoms with Crippen LogP contribution in [0.5, 0.6) is 11.5 Å². The lowest BCUT2D eigenvalue weighted by molar-refractivity contribution is -0.137. The molecule has 8 nitrogen and oxygen atoms in total. The monoisotopic (exact) mass is 522 g/mol. The van der Waals surface area contributed by atoms with E-state index < -0.39 is 18.0 Å². The largest absolute Gasteiger partial charge is 0.481 e. The molecule has 1 aliphatic heterocycles. The summed E-state index contributed by atoms with van der Waals surface area (Å²) >= 11 is 1.70. The highest BCUT2D eigenvalue weighted by molar-refractivity contribution is 7.98. The molecule has 37 heavy (non-hydrogen) atoms. The van der Waals surface area contributed by atoms with Crippen molar-refractivity contribution >= 4 is 23.8 Å². The van der Waals surface area contributed by atoms with Crippen molar-refractivity contribution in [2.24, 2.45) is 0 Å². The van der Waals surface area contributed by atoms with Crippen molar-refractivity contribution in [3.8, 4) is 11.5 Å². The molecule has 0 unspecified atom stereocenters. The summed E-state index contributed by atoms with van der Waals surface area (Å²) in [5.74, 6) is 1.53. The fraction of sp³-hybridized carbons (Fsp3) is 0.286. The fourth-order valence-electron chi connectivity index (χ4n) is 3.86. The van der Waals surface area contributed by atoms with E-state index in [4.69, 9.17) is 14.2 Å². The fourth-order valence-corrected chi connectivity index (χ4v) is 4.87. The van der Waals surface area contributed by atoms with Gasteiger partial charge in [-0.25, -0.2) is 4.79 Å². The molecule has 1 heterocycles. The lowest BCUT2D eigenvalue weighted by atomic mass is 10.0. The van der Waals surface area contributed by atoms with Gasteiger partial charge < -0.3 is 30.0 Å². The third kappa shape index (κ3) is 8.44. The van der Waals surface area contributed by atoms with Crippen LogP contribution in [0.25, 0.3) is 0 Å². The standard InChI is InChI=1S/C28H30N2O6S/c31-27(32)14-24(22-11-12-25-26(13-22)36-19-35-25)30-28(33)29-23(16-34-15-20-7-3-1-4-8-20)18-37-17-21-9-5-2-6-10-21/h1-13,23-24H,14-19H2,(H,31,32)(H2,29,30,33)/t23-,24+/m1/s1. The molecule has 0 saturated heterocycles. The zero-order valence-electron chi connectivity index (χ0n) is 20.3. The number of hydrogen-bond acceptors (Lipinski definition) is 6. The predicted octanol–water partition coefficient (Wildman–Crippen LogP) is 4.75. The molecule has 0 saturated carbocycles. The van der Waals surface area contributed by atoms with Crippen molar-refractivity contribution in [3.05, 3.63) is 95.6 Å². The van der Waals surface area contributed by atoms with E-state index in [0.717, 1.165) is 11.3 Å². The zero-order chi connectivity index (χ0) is 25.9. The van der Waals surface area contributed by atoms with Crippen LogP contribution >= 0.6 is 11.8 Å². The summed E-state index contributed by atoms with van der Waals surface area (Å²) in [6.07, 6.45) is -0.273. The molecular formula is C28H30N2O6S. The molecule has 0 bridgehead atoms. The first-order chi connectivity index (χ1) is 18.1. The Balaban J connectivity index is 1.37. The highest BCUT2D eigenvalue weighted by Crippen LogP contribution is 2.34. The van der Waals surface area contributed by atoms with Crippen molar-refractivity contribution < 1.29 is 28.9 Å². The van der Waals surface area contributed by atoms with Gasteiger partial charge in [-0.2, -0.15) is 11.8 Å². The predicted molar refractivity (Wildman–Crippen MR) is 142 cm³/mol. The van der Waals surface area contributed by atoms with Crippen molar-refractivity contribution in [1.29, 1.82) is 0 Å². The number of ether oxygens (including phenoxy) is 3. The molecule has 3 aromatic rings. The molecule has 3 N–H and O–H groups in total. The van der Waals surface area contributed by atoms with E-state index >= 15 is 0 Å². The van der Waals surface area contributed by atoms with Crippen molar-refractivity contribution in [3.63, 3.8) is 0 Å². The Morgan fingerprint density at radius 3 is 2.35 bits per heavy atom. The maximum atomic E-state index is 13.0. The Kier molecular flexibility index (Phi) is 9.67. The van der Waals surface area contributed by atoms with Gasteiger partial charge in [0.15, 0.2) is 11.5 Å². The molecule has 0 fully saturated rings. The third-order valence-electron chi connectivity index (χ3n) is 5.68. The number of benzene rings is 3. The number of carboxylic acids is 1. The molecule has 3 aromatic carbocycles. The number of aliphatic carboxylic acids is 1. The third-order valence-corrected chi connectivity index (χ3v) is 6.85. The van der Waals surface area contributed by atoms with Crippen LogP contribution < -0.4 is 20.1 Å². The van der Waals surface area contributed by atoms with Gasteiger partial charge in [0.05, 0.1) is 31.7 Å². The molecule has 0 aromatic heterocycles. The summed E-state index contributed by atoms with van der Waals surface area (Å²) in [6.45, 7) is 0.863. The first-order valence-corrected chi connectivity index (χ1v) is 13.1. The van der Waals surface area contributed by atoms with Gasteiger partial charge in [0.25, 0.3) is 0 Å². The average Bonchev–Trinajstić information content (AvgIpc) is 3.37. The van der Waals surface area contributed by atoms with Crippen LogP contribution in [-0.2, 0) is 21.9 Å². The van der Waals surface area contributed by atoms with Crippen LogP contribution in [0.15, 0.2) is 78.9 Å². The molecule has 2 atom stereocenters. The Morgan fingerprint density at radius 1 is 0.919 bits per heavy atom. The zero-order valence-corrected chi connectivity index (χ0v) is 21.1. The number of hydrogen-bond donors (Lipinski definition) is 3. The van der Waals surface area contributed by atoms with E-state index in [1.54, 1.807) is 30.0 Å². The molecule has 0 aliphatic carbocycles. The molecule has 0 spiro atoms. The molecule has 2 amide bonds. The van der Waals surface area contributed by atoms with Gasteiger partial charge in [-0.3, -0.25) is 4.79 Å². The van der Waals surface area contributed by atoms with E-state index in [0.29, 0.717) is 36.0 Å². The number of carbonyl (C=O) groups is 2. The van der Waals surface area contributed by atoms with Gasteiger partial charge in [0.2, 0.25) is 6.79 Å². The summed E-state index contributed by atoms with van der Waals surface area (Å²) in [4.78, 5) is 24.5. The molecule has 1 aliphatic rings. The summed E-state index contributed by atoms with van der Waals surface area (Å²) in [5.41, 5.74) is 2.87. The van der Waals surface area contributed by atoms with E-state index in [1.165, 1.54) is 5.56 Å². The Hall–Kier alpha value is -3.69. The van der Waals surface area contributed by atoms with Crippen molar-refractivity contribution in [1.82, 2.24) is 10.6 Å². The number of carbonyl (C=O) groups excluding carboxylic acids is 1. The summed E-state index contributed by atoms with van der Waals surface area (Å²) < 4.78 is 16.7. The van der Waals surface area contributed by atoms with E-state index in [-0.39, 0.29) is 19.3 Å². The average molecular weight is 523 g/mol. The number of urea groups is 1. The first-order valence-electron chi connectivity index (χ1n) is 12.0. The number of fused-ring (bicyclic) bond motifs is 1. The topological polar surface area (TPSA) is 106 Å². The minimum absolute atomic E-state index is 0.113. The Bertz CT molecular complexity index is 1120. The second-order valence-corrected chi connectivity index (χ2v) is 9.61. The van der Waals surface area contributed by atoms with Crippen LogP contribution in [0, 0.1) is 0 Å². The maximum absolute atomic E-state index is 13.0. The normalized spacial score (nSPS) is 13.5. The van der Waals surface area contributed by atoms with Crippen LogP contribution in [-0.4, -0.2) is 42.3 Å². The smallest absolute Gasteiger partial charge is 0.315 e. The molecule has 194 valence electrons. The molecule has 0 radical (unpaired) electrons. The minimum atomic E-state index is -1.02. The van der Waals surface area contributed by atoms with E-state index in [2.05, 4.69) is 22.8 Å². The number of rotatable bonds is 13. The first kappa shape index (κ1) is 26.4. The summed E-state index contributed by atoms with van der Waals surface area (Å²) in [7, 11) is 0. The molecular weight excluding hydrogens is 492 g/mol. The maximum Gasteiger partial charge on any atom is 0.315 e. The minimum Gasteiger partial charge on any atom is -0.481 e. The number of thioether (sulfide) groups is 1. The van der Waals surface area contributed by atoms with Gasteiger partial charge >= 0.3 is 12.0 Å². The second kappa shape index (κ2) is 13.6. The van der Waals surface area contributed by atoms with Gasteiger partial charge in [-0.1, -0.05) is 66.7 Å². The van der Waals surface area contributed by atoms with Crippen LogP contribution in [0.4, 0.5) is 4.79 Å². The van der Waals surface area contributed by atoms with E-state index in [9.17, 15) is 14.7 Å². The lowest BCUT2D eigenvalue weighted by Crippen LogP contribution is -2.46. The second-order valence-electron chi connectivity index (χ2n) is 8.58. The highest BCUT2D eigenvalue weighted by atomic mass is 32.2. The number of carboxylic acid groups (broad SMARTS) is 1.